The first-order chi connectivity index (χ1) is 18.5. The van der Waals surface area contributed by atoms with Crippen molar-refractivity contribution in [3.8, 4) is 22.3 Å². The van der Waals surface area contributed by atoms with Gasteiger partial charge in [-0.2, -0.15) is 12.1 Å². The summed E-state index contributed by atoms with van der Waals surface area (Å²) in [5, 5.41) is 5.50. The molecular formula is C38H42Cl2SiZr-4. The molecule has 0 N–H and O–H groups in total. The molecule has 0 bridgehead atoms. The molecule has 0 saturated carbocycles. The molecule has 0 unspecified atom stereocenters. The zero-order valence-corrected chi connectivity index (χ0v) is 30.7. The van der Waals surface area contributed by atoms with E-state index in [-0.39, 0.29) is 39.7 Å². The standard InChI is InChI=1S/2C18H17.2CH3.2ClH.Si.Zr/c1-13(2)16-11-15-9-6-10-17(18(15)12-16)14-7-4-3-5-8-14;1-3-14-11-17-13(2)9-10-16(18(17)12-14)15-7-5-4-6-8-15;;;;;;/h3-13H,1-2H3;4-12H,3H2,1-2H3;2*1H3;2*1H;;/q4*-1;;;;. The fraction of sp³-hybridized carbons (Fsp3) is 0.158. The molecule has 0 heterocycles. The minimum absolute atomic E-state index is 0. The van der Waals surface area contributed by atoms with Crippen molar-refractivity contribution < 1.29 is 23.3 Å². The predicted molar refractivity (Wildman–Crippen MR) is 191 cm³/mol. The Kier molecular flexibility index (Phi) is 18.1. The van der Waals surface area contributed by atoms with Gasteiger partial charge in [0, 0.05) is 0 Å². The van der Waals surface area contributed by atoms with Crippen LogP contribution >= 0.6 is 24.8 Å². The van der Waals surface area contributed by atoms with Crippen LogP contribution in [-0.2, 0) is 29.8 Å². The Hall–Kier alpha value is -2.22. The molecule has 6 aromatic carbocycles. The molecule has 0 nitrogen and oxygen atoms in total. The number of aryl methyl sites for hydroxylation is 2. The van der Waals surface area contributed by atoms with E-state index in [0.717, 1.165) is 6.42 Å². The molecule has 4 heteroatoms. The zero-order valence-electron chi connectivity index (χ0n) is 25.6. The molecular weight excluding hydrogens is 647 g/mol. The SMILES string of the molecule is CC(C)c1cc2c(-c3ccccc3)cccc2[cH-]1.CCc1cc2c(-c3ccccc3)ccc(C)c2[cH-]1.Cl.Cl.[CH3-].[CH3-].[Si]=[Zr]. The Morgan fingerprint density at radius 2 is 1.21 bits per heavy atom. The topological polar surface area (TPSA) is 0 Å². The molecule has 6 rings (SSSR count). The van der Waals surface area contributed by atoms with Crippen LogP contribution in [0.15, 0.2) is 115 Å². The van der Waals surface area contributed by atoms with Crippen LogP contribution in [0, 0.1) is 21.8 Å². The van der Waals surface area contributed by atoms with Gasteiger partial charge in [0.15, 0.2) is 0 Å². The second kappa shape index (κ2) is 19.1. The van der Waals surface area contributed by atoms with E-state index >= 15 is 0 Å². The van der Waals surface area contributed by atoms with Gasteiger partial charge in [0.25, 0.3) is 0 Å². The van der Waals surface area contributed by atoms with Crippen LogP contribution in [0.4, 0.5) is 0 Å². The summed E-state index contributed by atoms with van der Waals surface area (Å²) in [5.41, 5.74) is 9.49. The maximum atomic E-state index is 3.06. The average molecular weight is 689 g/mol. The Labute approximate surface area is 283 Å². The van der Waals surface area contributed by atoms with E-state index in [1.807, 2.05) is 0 Å². The molecule has 0 amide bonds. The van der Waals surface area contributed by atoms with Crippen LogP contribution in [0.25, 0.3) is 43.8 Å². The van der Waals surface area contributed by atoms with Crippen LogP contribution < -0.4 is 0 Å². The summed E-state index contributed by atoms with van der Waals surface area (Å²) in [5.74, 6) is 0.584. The molecule has 0 saturated heterocycles. The Balaban J connectivity index is 0.000000694. The van der Waals surface area contributed by atoms with E-state index in [2.05, 4.69) is 150 Å². The van der Waals surface area contributed by atoms with Gasteiger partial charge in [0.2, 0.25) is 0 Å². The van der Waals surface area contributed by atoms with Crippen LogP contribution in [-0.4, -0.2) is 6.88 Å². The van der Waals surface area contributed by atoms with Gasteiger partial charge >= 0.3 is 30.2 Å². The van der Waals surface area contributed by atoms with Crippen molar-refractivity contribution >= 4 is 53.2 Å². The third-order valence-electron chi connectivity index (χ3n) is 7.18. The van der Waals surface area contributed by atoms with Crippen LogP contribution in [0.1, 0.15) is 43.4 Å². The van der Waals surface area contributed by atoms with Gasteiger partial charge in [-0.1, -0.05) is 112 Å². The fourth-order valence-corrected chi connectivity index (χ4v) is 5.04. The van der Waals surface area contributed by atoms with E-state index in [0.29, 0.717) is 5.92 Å². The molecule has 0 aliphatic rings. The van der Waals surface area contributed by atoms with Gasteiger partial charge in [0.05, 0.1) is 0 Å². The van der Waals surface area contributed by atoms with Gasteiger partial charge in [0.1, 0.15) is 0 Å². The monoisotopic (exact) mass is 686 g/mol. The van der Waals surface area contributed by atoms with E-state index in [4.69, 9.17) is 0 Å². The molecule has 0 spiro atoms. The van der Waals surface area contributed by atoms with Crippen molar-refractivity contribution in [1.29, 1.82) is 0 Å². The molecule has 0 aliphatic carbocycles. The first-order valence-corrected chi connectivity index (χ1v) is 17.5. The van der Waals surface area contributed by atoms with Crippen molar-refractivity contribution in [3.05, 3.63) is 147 Å². The quantitative estimate of drug-likeness (QED) is 0.128. The van der Waals surface area contributed by atoms with Crippen molar-refractivity contribution in [3.63, 3.8) is 0 Å². The Morgan fingerprint density at radius 1 is 0.667 bits per heavy atom. The molecule has 0 aliphatic heterocycles. The minimum atomic E-state index is 0. The van der Waals surface area contributed by atoms with Crippen LogP contribution in [0.3, 0.4) is 0 Å². The summed E-state index contributed by atoms with van der Waals surface area (Å²) in [7, 11) is 0. The van der Waals surface area contributed by atoms with Gasteiger partial charge in [-0.25, -0.2) is 0 Å². The number of benzene rings is 4. The summed E-state index contributed by atoms with van der Waals surface area (Å²) < 4.78 is 0. The van der Waals surface area contributed by atoms with Gasteiger partial charge < -0.3 is 14.9 Å². The molecule has 220 valence electrons. The Morgan fingerprint density at radius 3 is 1.74 bits per heavy atom. The third kappa shape index (κ3) is 9.14. The van der Waals surface area contributed by atoms with Gasteiger partial charge in [-0.15, -0.1) is 93.4 Å². The second-order valence-corrected chi connectivity index (χ2v) is 9.96. The molecule has 0 atom stereocenters. The van der Waals surface area contributed by atoms with E-state index in [9.17, 15) is 0 Å². The average Bonchev–Trinajstić information content (AvgIpc) is 3.61. The summed E-state index contributed by atoms with van der Waals surface area (Å²) in [6.45, 7) is 12.0. The van der Waals surface area contributed by atoms with Crippen molar-refractivity contribution in [2.24, 2.45) is 0 Å². The maximum absolute atomic E-state index is 3.06. The van der Waals surface area contributed by atoms with E-state index in [1.54, 1.807) is 0 Å². The summed E-state index contributed by atoms with van der Waals surface area (Å²) in [4.78, 5) is 0. The molecule has 0 aromatic heterocycles. The molecule has 42 heavy (non-hydrogen) atoms. The third-order valence-corrected chi connectivity index (χ3v) is 7.18. The summed E-state index contributed by atoms with van der Waals surface area (Å²) in [6.07, 6.45) is 1.10. The predicted octanol–water partition coefficient (Wildman–Crippen LogP) is 11.8. The normalized spacial score (nSPS) is 9.62. The number of hydrogen-bond acceptors (Lipinski definition) is 0. The second-order valence-electron chi connectivity index (χ2n) is 9.96. The van der Waals surface area contributed by atoms with Crippen molar-refractivity contribution in [1.82, 2.24) is 0 Å². The van der Waals surface area contributed by atoms with Crippen molar-refractivity contribution in [2.45, 2.75) is 40.0 Å². The van der Waals surface area contributed by atoms with Crippen molar-refractivity contribution in [2.75, 3.05) is 0 Å². The van der Waals surface area contributed by atoms with Gasteiger partial charge in [-0.05, 0) is 23.5 Å². The number of hydrogen-bond donors (Lipinski definition) is 0. The number of rotatable bonds is 4. The van der Waals surface area contributed by atoms with E-state index < -0.39 is 0 Å². The first kappa shape index (κ1) is 39.8. The first-order valence-electron chi connectivity index (χ1n) is 13.3. The summed E-state index contributed by atoms with van der Waals surface area (Å²) >= 11 is 1.36. The molecule has 6 aromatic rings. The van der Waals surface area contributed by atoms with Crippen LogP contribution in [0.2, 0.25) is 0 Å². The molecule has 0 fully saturated rings. The number of halogens is 2. The van der Waals surface area contributed by atoms with Crippen LogP contribution in [0.5, 0.6) is 0 Å². The fourth-order valence-electron chi connectivity index (χ4n) is 5.04. The zero-order chi connectivity index (χ0) is 27.1. The molecule has 2 radical (unpaired) electrons. The number of fused-ring (bicyclic) bond motifs is 2. The van der Waals surface area contributed by atoms with E-state index in [1.165, 1.54) is 83.8 Å². The summed E-state index contributed by atoms with van der Waals surface area (Å²) in [6, 6.07) is 41.6. The van der Waals surface area contributed by atoms with Gasteiger partial charge in [-0.3, -0.25) is 0 Å². The Bertz CT molecular complexity index is 1620.